The fraction of sp³-hybridized carbons (Fsp3) is 0.235. The number of hydrogen-bond donors (Lipinski definition) is 1. The Morgan fingerprint density at radius 2 is 1.88 bits per heavy atom. The van der Waals surface area contributed by atoms with Gasteiger partial charge in [0.1, 0.15) is 5.75 Å². The molecule has 0 heterocycles. The van der Waals surface area contributed by atoms with Crippen LogP contribution in [-0.4, -0.2) is 26.7 Å². The lowest BCUT2D eigenvalue weighted by molar-refractivity contribution is -0.118. The molecule has 1 N–H and O–H groups in total. The summed E-state index contributed by atoms with van der Waals surface area (Å²) in [4.78, 5) is 12.1. The Morgan fingerprint density at radius 1 is 1.17 bits per heavy atom. The lowest BCUT2D eigenvalue weighted by Crippen LogP contribution is -2.20. The number of halogens is 2. The van der Waals surface area contributed by atoms with Gasteiger partial charge in [0.2, 0.25) is 0 Å². The molecule has 128 valence electrons. The molecule has 0 aliphatic heterocycles. The van der Waals surface area contributed by atoms with Gasteiger partial charge in [0.15, 0.2) is 18.1 Å². The third kappa shape index (κ3) is 4.55. The topological polar surface area (TPSA) is 56.8 Å². The lowest BCUT2D eigenvalue weighted by Gasteiger charge is -2.13. The molecule has 0 fully saturated rings. The van der Waals surface area contributed by atoms with E-state index < -0.39 is 0 Å². The standard InChI is InChI=1S/C17H17BrClNO4/c1-10-6-11(18)7-13(19)17(10)24-9-16(21)20-12-4-5-14(22-2)15(8-12)23-3/h4-8H,9H2,1-3H3,(H,20,21). The molecule has 0 spiro atoms. The molecule has 0 atom stereocenters. The molecule has 0 radical (unpaired) electrons. The smallest absolute Gasteiger partial charge is 0.262 e. The van der Waals surface area contributed by atoms with Crippen LogP contribution < -0.4 is 19.5 Å². The Hall–Kier alpha value is -1.92. The number of carbonyl (C=O) groups excluding carboxylic acids is 1. The Labute approximate surface area is 154 Å². The first-order valence-corrected chi connectivity index (χ1v) is 8.22. The number of carbonyl (C=O) groups is 1. The maximum Gasteiger partial charge on any atom is 0.262 e. The van der Waals surface area contributed by atoms with Crippen molar-refractivity contribution in [1.82, 2.24) is 0 Å². The maximum atomic E-state index is 12.1. The second kappa shape index (κ2) is 8.26. The van der Waals surface area contributed by atoms with Crippen molar-refractivity contribution in [3.8, 4) is 17.2 Å². The molecule has 0 unspecified atom stereocenters. The van der Waals surface area contributed by atoms with Gasteiger partial charge in [-0.05, 0) is 36.8 Å². The molecule has 2 rings (SSSR count). The van der Waals surface area contributed by atoms with Crippen LogP contribution in [0.4, 0.5) is 5.69 Å². The summed E-state index contributed by atoms with van der Waals surface area (Å²) >= 11 is 9.49. The van der Waals surface area contributed by atoms with Gasteiger partial charge in [-0.3, -0.25) is 4.79 Å². The van der Waals surface area contributed by atoms with Crippen molar-refractivity contribution in [3.63, 3.8) is 0 Å². The number of rotatable bonds is 6. The molecule has 2 aromatic rings. The van der Waals surface area contributed by atoms with E-state index in [1.165, 1.54) is 7.11 Å². The zero-order valence-corrected chi connectivity index (χ0v) is 15.8. The van der Waals surface area contributed by atoms with Gasteiger partial charge < -0.3 is 19.5 Å². The number of amides is 1. The van der Waals surface area contributed by atoms with Crippen molar-refractivity contribution in [2.75, 3.05) is 26.1 Å². The van der Waals surface area contributed by atoms with E-state index in [4.69, 9.17) is 25.8 Å². The van der Waals surface area contributed by atoms with Crippen molar-refractivity contribution in [1.29, 1.82) is 0 Å². The van der Waals surface area contributed by atoms with Crippen LogP contribution in [0.25, 0.3) is 0 Å². The average Bonchev–Trinajstić information content (AvgIpc) is 2.53. The first kappa shape index (κ1) is 18.4. The van der Waals surface area contributed by atoms with Gasteiger partial charge in [0.25, 0.3) is 5.91 Å². The van der Waals surface area contributed by atoms with Crippen LogP contribution in [0.5, 0.6) is 17.2 Å². The number of anilines is 1. The van der Waals surface area contributed by atoms with Crippen LogP contribution in [0, 0.1) is 6.92 Å². The largest absolute Gasteiger partial charge is 0.493 e. The summed E-state index contributed by atoms with van der Waals surface area (Å²) in [6.45, 7) is 1.70. The van der Waals surface area contributed by atoms with Gasteiger partial charge in [-0.2, -0.15) is 0 Å². The highest BCUT2D eigenvalue weighted by molar-refractivity contribution is 9.10. The molecule has 24 heavy (non-hydrogen) atoms. The van der Waals surface area contributed by atoms with Gasteiger partial charge in [-0.25, -0.2) is 0 Å². The second-order valence-corrected chi connectivity index (χ2v) is 6.26. The molecule has 2 aromatic carbocycles. The predicted molar refractivity (Wildman–Crippen MR) is 97.6 cm³/mol. The first-order chi connectivity index (χ1) is 11.4. The van der Waals surface area contributed by atoms with Crippen molar-refractivity contribution in [2.45, 2.75) is 6.92 Å². The average molecular weight is 415 g/mol. The van der Waals surface area contributed by atoms with Crippen LogP contribution in [-0.2, 0) is 4.79 Å². The monoisotopic (exact) mass is 413 g/mol. The lowest BCUT2D eigenvalue weighted by atomic mass is 10.2. The van der Waals surface area contributed by atoms with Crippen LogP contribution >= 0.6 is 27.5 Å². The minimum absolute atomic E-state index is 0.156. The summed E-state index contributed by atoms with van der Waals surface area (Å²) < 4.78 is 16.7. The second-order valence-electron chi connectivity index (χ2n) is 4.94. The van der Waals surface area contributed by atoms with E-state index in [9.17, 15) is 4.79 Å². The van der Waals surface area contributed by atoms with Crippen molar-refractivity contribution < 1.29 is 19.0 Å². The summed E-state index contributed by atoms with van der Waals surface area (Å²) in [5.74, 6) is 1.30. The quantitative estimate of drug-likeness (QED) is 0.759. The number of benzene rings is 2. The van der Waals surface area contributed by atoms with Gasteiger partial charge in [0.05, 0.1) is 19.2 Å². The van der Waals surface area contributed by atoms with E-state index in [0.717, 1.165) is 10.0 Å². The Morgan fingerprint density at radius 3 is 2.50 bits per heavy atom. The van der Waals surface area contributed by atoms with Crippen LogP contribution in [0.2, 0.25) is 5.02 Å². The minimum Gasteiger partial charge on any atom is -0.493 e. The number of ether oxygens (including phenoxy) is 3. The molecule has 5 nitrogen and oxygen atoms in total. The number of nitrogens with one attached hydrogen (secondary N) is 1. The zero-order valence-electron chi connectivity index (χ0n) is 13.5. The van der Waals surface area contributed by atoms with E-state index in [-0.39, 0.29) is 12.5 Å². The molecule has 0 aliphatic rings. The third-order valence-electron chi connectivity index (χ3n) is 3.21. The van der Waals surface area contributed by atoms with Gasteiger partial charge >= 0.3 is 0 Å². The fourth-order valence-corrected chi connectivity index (χ4v) is 3.15. The van der Waals surface area contributed by atoms with E-state index >= 15 is 0 Å². The van der Waals surface area contributed by atoms with Gasteiger partial charge in [0, 0.05) is 16.2 Å². The number of methoxy groups -OCH3 is 2. The van der Waals surface area contributed by atoms with Gasteiger partial charge in [-0.15, -0.1) is 0 Å². The SMILES string of the molecule is COc1ccc(NC(=O)COc2c(C)cc(Br)cc2Cl)cc1OC. The molecule has 7 heteroatoms. The molecule has 0 aliphatic carbocycles. The minimum atomic E-state index is -0.305. The Bertz CT molecular complexity index is 728. The van der Waals surface area contributed by atoms with Crippen molar-refractivity contribution in [3.05, 3.63) is 45.4 Å². The summed E-state index contributed by atoms with van der Waals surface area (Å²) in [5, 5.41) is 3.18. The fourth-order valence-electron chi connectivity index (χ4n) is 2.12. The van der Waals surface area contributed by atoms with Crippen LogP contribution in [0.15, 0.2) is 34.8 Å². The Balaban J connectivity index is 2.02. The van der Waals surface area contributed by atoms with Crippen LogP contribution in [0.3, 0.4) is 0 Å². The summed E-state index contributed by atoms with van der Waals surface area (Å²) in [5.41, 5.74) is 1.42. The van der Waals surface area contributed by atoms with Crippen molar-refractivity contribution >= 4 is 39.1 Å². The van der Waals surface area contributed by atoms with E-state index in [1.54, 1.807) is 31.4 Å². The summed E-state index contributed by atoms with van der Waals surface area (Å²) in [6.07, 6.45) is 0. The molecular weight excluding hydrogens is 398 g/mol. The van der Waals surface area contributed by atoms with Crippen molar-refractivity contribution in [2.24, 2.45) is 0 Å². The molecule has 1 amide bonds. The van der Waals surface area contributed by atoms with E-state index in [0.29, 0.717) is 28.0 Å². The van der Waals surface area contributed by atoms with E-state index in [1.807, 2.05) is 13.0 Å². The normalized spacial score (nSPS) is 10.2. The van der Waals surface area contributed by atoms with E-state index in [2.05, 4.69) is 21.2 Å². The molecular formula is C17H17BrClNO4. The molecule has 0 saturated heterocycles. The zero-order chi connectivity index (χ0) is 17.7. The van der Waals surface area contributed by atoms with Crippen LogP contribution in [0.1, 0.15) is 5.56 Å². The van der Waals surface area contributed by atoms with Gasteiger partial charge in [-0.1, -0.05) is 27.5 Å². The maximum absolute atomic E-state index is 12.1. The number of hydrogen-bond acceptors (Lipinski definition) is 4. The predicted octanol–water partition coefficient (Wildman–Crippen LogP) is 4.45. The molecule has 0 saturated carbocycles. The Kier molecular flexibility index (Phi) is 6.34. The third-order valence-corrected chi connectivity index (χ3v) is 3.95. The summed E-state index contributed by atoms with van der Waals surface area (Å²) in [7, 11) is 3.08. The number of aryl methyl sites for hydroxylation is 1. The molecule has 0 aromatic heterocycles. The highest BCUT2D eigenvalue weighted by Crippen LogP contribution is 2.32. The molecule has 0 bridgehead atoms. The first-order valence-electron chi connectivity index (χ1n) is 7.05. The summed E-state index contributed by atoms with van der Waals surface area (Å²) in [6, 6.07) is 8.69. The highest BCUT2D eigenvalue weighted by atomic mass is 79.9. The highest BCUT2D eigenvalue weighted by Gasteiger charge is 2.11.